The number of anilines is 1. The normalized spacial score (nSPS) is 11.4. The monoisotopic (exact) mass is 338 g/mol. The summed E-state index contributed by atoms with van der Waals surface area (Å²) >= 11 is 3.23. The second kappa shape index (κ2) is 5.24. The van der Waals surface area contributed by atoms with Crippen molar-refractivity contribution in [3.63, 3.8) is 0 Å². The SMILES string of the molecule is CC(C)(C)n1cc(C(=O)Nc2cc(Br)c[nH]c2=O)cn1. The molecule has 2 aromatic rings. The van der Waals surface area contributed by atoms with E-state index in [9.17, 15) is 9.59 Å². The minimum absolute atomic E-state index is 0.188. The average Bonchev–Trinajstić information content (AvgIpc) is 2.83. The summed E-state index contributed by atoms with van der Waals surface area (Å²) < 4.78 is 2.38. The van der Waals surface area contributed by atoms with E-state index in [-0.39, 0.29) is 22.7 Å². The summed E-state index contributed by atoms with van der Waals surface area (Å²) in [6, 6.07) is 1.55. The first-order valence-electron chi connectivity index (χ1n) is 6.02. The molecule has 1 amide bonds. The highest BCUT2D eigenvalue weighted by Gasteiger charge is 2.17. The van der Waals surface area contributed by atoms with Gasteiger partial charge in [0.1, 0.15) is 5.69 Å². The van der Waals surface area contributed by atoms with E-state index < -0.39 is 0 Å². The van der Waals surface area contributed by atoms with Gasteiger partial charge in [0.25, 0.3) is 11.5 Å². The van der Waals surface area contributed by atoms with Gasteiger partial charge in [0, 0.05) is 16.9 Å². The van der Waals surface area contributed by atoms with Gasteiger partial charge < -0.3 is 10.3 Å². The predicted octanol–water partition coefficient (Wildman–Crippen LogP) is 2.34. The van der Waals surface area contributed by atoms with Crippen molar-refractivity contribution in [3.05, 3.63) is 45.0 Å². The molecule has 2 rings (SSSR count). The lowest BCUT2D eigenvalue weighted by molar-refractivity contribution is 0.102. The van der Waals surface area contributed by atoms with Crippen LogP contribution in [0.5, 0.6) is 0 Å². The van der Waals surface area contributed by atoms with Crippen LogP contribution >= 0.6 is 15.9 Å². The zero-order chi connectivity index (χ0) is 14.9. The van der Waals surface area contributed by atoms with Gasteiger partial charge in [0.2, 0.25) is 0 Å². The van der Waals surface area contributed by atoms with Crippen LogP contribution in [0.1, 0.15) is 31.1 Å². The van der Waals surface area contributed by atoms with Crippen molar-refractivity contribution in [1.82, 2.24) is 14.8 Å². The van der Waals surface area contributed by atoms with Crippen molar-refractivity contribution in [3.8, 4) is 0 Å². The van der Waals surface area contributed by atoms with Gasteiger partial charge in [-0.05, 0) is 42.8 Å². The Balaban J connectivity index is 2.22. The number of carbonyl (C=O) groups excluding carboxylic acids is 1. The van der Waals surface area contributed by atoms with Crippen LogP contribution in [0.3, 0.4) is 0 Å². The fourth-order valence-corrected chi connectivity index (χ4v) is 1.89. The lowest BCUT2D eigenvalue weighted by Crippen LogP contribution is -2.22. The topological polar surface area (TPSA) is 79.8 Å². The van der Waals surface area contributed by atoms with E-state index in [0.717, 1.165) is 0 Å². The Hall–Kier alpha value is -1.89. The highest BCUT2D eigenvalue weighted by atomic mass is 79.9. The Morgan fingerprint density at radius 3 is 2.75 bits per heavy atom. The minimum Gasteiger partial charge on any atom is -0.326 e. The van der Waals surface area contributed by atoms with Crippen LogP contribution in [0, 0.1) is 0 Å². The summed E-state index contributed by atoms with van der Waals surface area (Å²) in [4.78, 5) is 26.2. The third-order valence-electron chi connectivity index (χ3n) is 2.65. The molecule has 20 heavy (non-hydrogen) atoms. The summed E-state index contributed by atoms with van der Waals surface area (Å²) in [5.74, 6) is -0.371. The number of rotatable bonds is 2. The molecule has 0 aliphatic rings. The Morgan fingerprint density at radius 2 is 2.15 bits per heavy atom. The fourth-order valence-electron chi connectivity index (χ4n) is 1.55. The molecule has 0 radical (unpaired) electrons. The lowest BCUT2D eigenvalue weighted by Gasteiger charge is -2.18. The number of hydrogen-bond donors (Lipinski definition) is 2. The molecule has 0 unspecified atom stereocenters. The van der Waals surface area contributed by atoms with Gasteiger partial charge >= 0.3 is 0 Å². The first-order chi connectivity index (χ1) is 9.27. The number of nitrogens with zero attached hydrogens (tertiary/aromatic N) is 2. The number of amides is 1. The number of H-pyrrole nitrogens is 1. The maximum absolute atomic E-state index is 12.1. The Labute approximate surface area is 124 Å². The van der Waals surface area contributed by atoms with Crippen molar-refractivity contribution < 1.29 is 4.79 Å². The fraction of sp³-hybridized carbons (Fsp3) is 0.308. The van der Waals surface area contributed by atoms with Gasteiger partial charge in [-0.15, -0.1) is 0 Å². The van der Waals surface area contributed by atoms with E-state index in [2.05, 4.69) is 31.3 Å². The first kappa shape index (κ1) is 14.5. The number of pyridine rings is 1. The number of carbonyl (C=O) groups is 1. The molecule has 0 spiro atoms. The third kappa shape index (κ3) is 3.16. The molecule has 0 atom stereocenters. The maximum Gasteiger partial charge on any atom is 0.271 e. The summed E-state index contributed by atoms with van der Waals surface area (Å²) in [6.07, 6.45) is 4.64. The molecule has 7 heteroatoms. The summed E-state index contributed by atoms with van der Waals surface area (Å²) in [5, 5.41) is 6.72. The molecule has 0 saturated heterocycles. The van der Waals surface area contributed by atoms with E-state index in [4.69, 9.17) is 0 Å². The van der Waals surface area contributed by atoms with Crippen molar-refractivity contribution in [1.29, 1.82) is 0 Å². The Morgan fingerprint density at radius 1 is 1.45 bits per heavy atom. The Bertz CT molecular complexity index is 697. The Kier molecular flexibility index (Phi) is 3.80. The van der Waals surface area contributed by atoms with E-state index in [1.54, 1.807) is 16.9 Å². The maximum atomic E-state index is 12.1. The van der Waals surface area contributed by atoms with Crippen LogP contribution < -0.4 is 10.9 Å². The predicted molar refractivity (Wildman–Crippen MR) is 79.9 cm³/mol. The molecule has 0 aromatic carbocycles. The number of hydrogen-bond acceptors (Lipinski definition) is 3. The van der Waals surface area contributed by atoms with Gasteiger partial charge in [0.15, 0.2) is 0 Å². The number of nitrogens with one attached hydrogen (secondary N) is 2. The molecule has 0 saturated carbocycles. The van der Waals surface area contributed by atoms with Crippen LogP contribution in [0.25, 0.3) is 0 Å². The van der Waals surface area contributed by atoms with E-state index >= 15 is 0 Å². The number of aromatic amines is 1. The second-order valence-electron chi connectivity index (χ2n) is 5.36. The molecule has 0 aliphatic carbocycles. The van der Waals surface area contributed by atoms with Gasteiger partial charge in [0.05, 0.1) is 17.3 Å². The van der Waals surface area contributed by atoms with E-state index in [1.165, 1.54) is 12.4 Å². The van der Waals surface area contributed by atoms with Crippen molar-refractivity contribution in [2.75, 3.05) is 5.32 Å². The summed E-state index contributed by atoms with van der Waals surface area (Å²) in [6.45, 7) is 5.96. The summed E-state index contributed by atoms with van der Waals surface area (Å²) in [7, 11) is 0. The van der Waals surface area contributed by atoms with Gasteiger partial charge in [-0.25, -0.2) is 0 Å². The van der Waals surface area contributed by atoms with Crippen LogP contribution in [0.4, 0.5) is 5.69 Å². The van der Waals surface area contributed by atoms with Crippen LogP contribution in [0.2, 0.25) is 0 Å². The standard InChI is InChI=1S/C13H15BrN4O2/c1-13(2,3)18-7-8(5-16-18)11(19)17-10-4-9(14)6-15-12(10)20/h4-7H,1-3H3,(H,15,20)(H,17,19). The first-order valence-corrected chi connectivity index (χ1v) is 6.81. The van der Waals surface area contributed by atoms with E-state index in [0.29, 0.717) is 10.0 Å². The third-order valence-corrected chi connectivity index (χ3v) is 3.11. The van der Waals surface area contributed by atoms with Gasteiger partial charge in [-0.3, -0.25) is 14.3 Å². The summed E-state index contributed by atoms with van der Waals surface area (Å²) in [5.41, 5.74) is 0.0307. The van der Waals surface area contributed by atoms with Gasteiger partial charge in [-0.2, -0.15) is 5.10 Å². The highest BCUT2D eigenvalue weighted by molar-refractivity contribution is 9.10. The van der Waals surface area contributed by atoms with E-state index in [1.807, 2.05) is 20.8 Å². The molecular formula is C13H15BrN4O2. The average molecular weight is 339 g/mol. The van der Waals surface area contributed by atoms with Crippen LogP contribution in [0.15, 0.2) is 33.9 Å². The lowest BCUT2D eigenvalue weighted by atomic mass is 10.1. The highest BCUT2D eigenvalue weighted by Crippen LogP contribution is 2.15. The molecule has 2 aromatic heterocycles. The molecule has 6 nitrogen and oxygen atoms in total. The molecule has 2 N–H and O–H groups in total. The number of aromatic nitrogens is 3. The minimum atomic E-state index is -0.371. The number of halogens is 1. The van der Waals surface area contributed by atoms with Crippen LogP contribution in [-0.4, -0.2) is 20.7 Å². The van der Waals surface area contributed by atoms with Crippen molar-refractivity contribution >= 4 is 27.5 Å². The zero-order valence-electron chi connectivity index (χ0n) is 11.4. The molecule has 0 fully saturated rings. The smallest absolute Gasteiger partial charge is 0.271 e. The molecular weight excluding hydrogens is 324 g/mol. The quantitative estimate of drug-likeness (QED) is 0.881. The van der Waals surface area contributed by atoms with Crippen LogP contribution in [-0.2, 0) is 5.54 Å². The van der Waals surface area contributed by atoms with Crippen molar-refractivity contribution in [2.45, 2.75) is 26.3 Å². The molecule has 106 valence electrons. The molecule has 0 bridgehead atoms. The zero-order valence-corrected chi connectivity index (χ0v) is 13.0. The molecule has 0 aliphatic heterocycles. The largest absolute Gasteiger partial charge is 0.326 e. The molecule has 2 heterocycles. The van der Waals surface area contributed by atoms with Gasteiger partial charge in [-0.1, -0.05) is 0 Å². The second-order valence-corrected chi connectivity index (χ2v) is 6.27. The van der Waals surface area contributed by atoms with Crippen molar-refractivity contribution in [2.24, 2.45) is 0 Å².